The number of fused-ring (bicyclic) bond motifs is 2. The first-order valence-corrected chi connectivity index (χ1v) is 12.5. The summed E-state index contributed by atoms with van der Waals surface area (Å²) in [6, 6.07) is 5.46. The van der Waals surface area contributed by atoms with Gasteiger partial charge in [0.1, 0.15) is 0 Å². The minimum absolute atomic E-state index is 0.0756. The molecular formula is C26H32ClN5O3. The molecule has 0 radical (unpaired) electrons. The number of amides is 1. The number of benzene rings is 1. The highest BCUT2D eigenvalue weighted by molar-refractivity contribution is 6.31. The van der Waals surface area contributed by atoms with Crippen molar-refractivity contribution in [2.75, 3.05) is 46.3 Å². The highest BCUT2D eigenvalue weighted by Gasteiger charge is 2.28. The van der Waals surface area contributed by atoms with Gasteiger partial charge in [0, 0.05) is 66.5 Å². The number of aliphatic hydroxyl groups is 1. The van der Waals surface area contributed by atoms with Crippen LogP contribution in [-0.2, 0) is 6.42 Å². The fraction of sp³-hybridized carbons (Fsp3) is 0.423. The minimum Gasteiger partial charge on any atom is -0.494 e. The van der Waals surface area contributed by atoms with Crippen LogP contribution in [0.5, 0.6) is 5.88 Å². The van der Waals surface area contributed by atoms with E-state index in [2.05, 4.69) is 38.2 Å². The summed E-state index contributed by atoms with van der Waals surface area (Å²) in [4.78, 5) is 24.1. The maximum absolute atomic E-state index is 13.2. The van der Waals surface area contributed by atoms with Gasteiger partial charge in [0.05, 0.1) is 22.9 Å². The van der Waals surface area contributed by atoms with Gasteiger partial charge in [0.25, 0.3) is 5.91 Å². The van der Waals surface area contributed by atoms with E-state index in [4.69, 9.17) is 11.6 Å². The number of aromatic hydroxyl groups is 1. The molecule has 1 atom stereocenters. The largest absolute Gasteiger partial charge is 0.494 e. The molecule has 1 unspecified atom stereocenters. The zero-order chi connectivity index (χ0) is 24.7. The van der Waals surface area contributed by atoms with Crippen LogP contribution in [0.15, 0.2) is 24.3 Å². The number of carbonyl (C=O) groups is 1. The van der Waals surface area contributed by atoms with Crippen molar-refractivity contribution < 1.29 is 15.0 Å². The Hall–Kier alpha value is -2.78. The SMILES string of the molecule is Cc1[nH]c2c(c1C(=O)NCC(O)CN1CCN(C)CC1)CCC=C2c1c(O)[nH]c2ccc(Cl)cc12. The van der Waals surface area contributed by atoms with E-state index in [1.165, 1.54) is 0 Å². The molecule has 9 heteroatoms. The number of aromatic amines is 2. The van der Waals surface area contributed by atoms with Crippen molar-refractivity contribution in [3.8, 4) is 5.88 Å². The number of aliphatic hydroxyl groups excluding tert-OH is 1. The van der Waals surface area contributed by atoms with Crippen molar-refractivity contribution in [2.45, 2.75) is 25.9 Å². The fourth-order valence-corrected chi connectivity index (χ4v) is 5.44. The molecule has 8 nitrogen and oxygen atoms in total. The molecule has 35 heavy (non-hydrogen) atoms. The van der Waals surface area contributed by atoms with Gasteiger partial charge in [-0.25, -0.2) is 0 Å². The number of nitrogens with zero attached hydrogens (tertiary/aromatic N) is 2. The van der Waals surface area contributed by atoms with Crippen molar-refractivity contribution in [2.24, 2.45) is 0 Å². The molecule has 5 N–H and O–H groups in total. The highest BCUT2D eigenvalue weighted by Crippen LogP contribution is 2.41. The maximum Gasteiger partial charge on any atom is 0.253 e. The Morgan fingerprint density at radius 2 is 2.00 bits per heavy atom. The average Bonchev–Trinajstić information content (AvgIpc) is 3.34. The first kappa shape index (κ1) is 23.9. The van der Waals surface area contributed by atoms with Gasteiger partial charge < -0.3 is 30.4 Å². The summed E-state index contributed by atoms with van der Waals surface area (Å²) in [6.07, 6.45) is 2.93. The first-order chi connectivity index (χ1) is 16.8. The lowest BCUT2D eigenvalue weighted by Crippen LogP contribution is -2.48. The summed E-state index contributed by atoms with van der Waals surface area (Å²) in [5.74, 6) is -0.114. The van der Waals surface area contributed by atoms with E-state index in [0.717, 1.165) is 72.4 Å². The minimum atomic E-state index is -0.624. The van der Waals surface area contributed by atoms with Crippen LogP contribution < -0.4 is 5.32 Å². The van der Waals surface area contributed by atoms with Crippen LogP contribution in [0.4, 0.5) is 0 Å². The Labute approximate surface area is 209 Å². The van der Waals surface area contributed by atoms with E-state index in [1.807, 2.05) is 19.1 Å². The Balaban J connectivity index is 1.34. The molecule has 2 aromatic heterocycles. The van der Waals surface area contributed by atoms with Crippen LogP contribution in [0.1, 0.15) is 39.3 Å². The molecule has 1 aliphatic carbocycles. The van der Waals surface area contributed by atoms with Crippen LogP contribution in [-0.4, -0.2) is 88.3 Å². The summed E-state index contributed by atoms with van der Waals surface area (Å²) in [5, 5.41) is 25.6. The van der Waals surface area contributed by atoms with Gasteiger partial charge >= 0.3 is 0 Å². The quantitative estimate of drug-likeness (QED) is 0.360. The Kier molecular flexibility index (Phi) is 6.63. The lowest BCUT2D eigenvalue weighted by atomic mass is 9.89. The summed E-state index contributed by atoms with van der Waals surface area (Å²) >= 11 is 6.24. The van der Waals surface area contributed by atoms with Gasteiger partial charge in [-0.05, 0) is 50.6 Å². The molecule has 2 aliphatic rings. The number of piperazine rings is 1. The summed E-state index contributed by atoms with van der Waals surface area (Å²) < 4.78 is 0. The monoisotopic (exact) mass is 497 g/mol. The molecule has 0 bridgehead atoms. The van der Waals surface area contributed by atoms with E-state index in [-0.39, 0.29) is 18.3 Å². The molecule has 1 aliphatic heterocycles. The second-order valence-corrected chi connectivity index (χ2v) is 10.1. The molecule has 3 aromatic rings. The molecule has 1 fully saturated rings. The normalized spacial score (nSPS) is 17.9. The number of hydrogen-bond acceptors (Lipinski definition) is 5. The van der Waals surface area contributed by atoms with Crippen LogP contribution >= 0.6 is 11.6 Å². The number of β-amino-alcohol motifs (C(OH)–C–C–N with tert-alkyl or cyclic N) is 1. The molecule has 1 amide bonds. The first-order valence-electron chi connectivity index (χ1n) is 12.1. The standard InChI is InChI=1S/C26H32ClN5O3/c1-15-22(25(34)28-13-17(33)14-32-10-8-31(2)9-11-32)18-4-3-5-19(24(18)29-15)23-20-12-16(27)6-7-21(20)30-26(23)35/h5-7,12,17,29-30,33,35H,3-4,8-11,13-14H2,1-2H3,(H,28,34). The van der Waals surface area contributed by atoms with Gasteiger partial charge in [-0.3, -0.25) is 9.69 Å². The smallest absolute Gasteiger partial charge is 0.253 e. The Bertz CT molecular complexity index is 1290. The fourth-order valence-electron chi connectivity index (χ4n) is 5.27. The molecule has 0 spiro atoms. The maximum atomic E-state index is 13.2. The Morgan fingerprint density at radius 3 is 2.77 bits per heavy atom. The molecule has 0 saturated carbocycles. The van der Waals surface area contributed by atoms with Crippen molar-refractivity contribution >= 4 is 34.0 Å². The third-order valence-electron chi connectivity index (χ3n) is 7.10. The zero-order valence-electron chi connectivity index (χ0n) is 20.1. The molecular weight excluding hydrogens is 466 g/mol. The van der Waals surface area contributed by atoms with Crippen LogP contribution in [0.3, 0.4) is 0 Å². The molecule has 1 saturated heterocycles. The van der Waals surface area contributed by atoms with Crippen LogP contribution in [0.2, 0.25) is 5.02 Å². The predicted molar refractivity (Wildman–Crippen MR) is 138 cm³/mol. The number of carbonyl (C=O) groups excluding carboxylic acids is 1. The van der Waals surface area contributed by atoms with Crippen molar-refractivity contribution in [1.29, 1.82) is 0 Å². The number of aryl methyl sites for hydroxylation is 1. The Morgan fingerprint density at radius 1 is 1.23 bits per heavy atom. The lowest BCUT2D eigenvalue weighted by Gasteiger charge is -2.33. The third kappa shape index (κ3) is 4.71. The zero-order valence-corrected chi connectivity index (χ0v) is 20.9. The average molecular weight is 498 g/mol. The summed E-state index contributed by atoms with van der Waals surface area (Å²) in [5.41, 5.74) is 5.50. The topological polar surface area (TPSA) is 108 Å². The summed E-state index contributed by atoms with van der Waals surface area (Å²) in [6.45, 7) is 6.46. The third-order valence-corrected chi connectivity index (χ3v) is 7.34. The lowest BCUT2D eigenvalue weighted by molar-refractivity contribution is 0.0737. The van der Waals surface area contributed by atoms with E-state index in [9.17, 15) is 15.0 Å². The van der Waals surface area contributed by atoms with E-state index >= 15 is 0 Å². The van der Waals surface area contributed by atoms with Gasteiger partial charge in [0.15, 0.2) is 5.88 Å². The van der Waals surface area contributed by atoms with E-state index in [1.54, 1.807) is 6.07 Å². The number of aromatic nitrogens is 2. The van der Waals surface area contributed by atoms with Gasteiger partial charge in [-0.15, -0.1) is 0 Å². The van der Waals surface area contributed by atoms with Gasteiger partial charge in [-0.1, -0.05) is 17.7 Å². The van der Waals surface area contributed by atoms with Crippen molar-refractivity contribution in [3.05, 3.63) is 57.4 Å². The predicted octanol–water partition coefficient (Wildman–Crippen LogP) is 2.88. The number of likely N-dealkylation sites (N-methyl/N-ethyl adjacent to an activating group) is 1. The number of nitrogens with one attached hydrogen (secondary N) is 3. The van der Waals surface area contributed by atoms with E-state index in [0.29, 0.717) is 22.7 Å². The second-order valence-electron chi connectivity index (χ2n) is 9.64. The molecule has 5 rings (SSSR count). The van der Waals surface area contributed by atoms with Gasteiger partial charge in [0.2, 0.25) is 0 Å². The van der Waals surface area contributed by atoms with Crippen molar-refractivity contribution in [1.82, 2.24) is 25.1 Å². The van der Waals surface area contributed by atoms with Crippen LogP contribution in [0.25, 0.3) is 16.5 Å². The number of allylic oxidation sites excluding steroid dienone is 1. The summed E-state index contributed by atoms with van der Waals surface area (Å²) in [7, 11) is 2.10. The van der Waals surface area contributed by atoms with E-state index < -0.39 is 6.10 Å². The molecule has 186 valence electrons. The number of hydrogen-bond donors (Lipinski definition) is 5. The van der Waals surface area contributed by atoms with Crippen LogP contribution in [0, 0.1) is 6.92 Å². The second kappa shape index (κ2) is 9.70. The molecule has 3 heterocycles. The van der Waals surface area contributed by atoms with Gasteiger partial charge in [-0.2, -0.15) is 0 Å². The molecule has 1 aromatic carbocycles. The highest BCUT2D eigenvalue weighted by atomic mass is 35.5. The van der Waals surface area contributed by atoms with Crippen molar-refractivity contribution in [3.63, 3.8) is 0 Å². The number of rotatable bonds is 6. The number of H-pyrrole nitrogens is 2. The number of halogens is 1.